The lowest BCUT2D eigenvalue weighted by Gasteiger charge is -2.23. The molecule has 0 bridgehead atoms. The molecular weight excluding hydrogens is 332 g/mol. The van der Waals surface area contributed by atoms with Crippen molar-refractivity contribution in [3.05, 3.63) is 90.5 Å². The summed E-state index contributed by atoms with van der Waals surface area (Å²) < 4.78 is 0. The quantitative estimate of drug-likeness (QED) is 0.463. The second kappa shape index (κ2) is 9.58. The van der Waals surface area contributed by atoms with Gasteiger partial charge in [-0.05, 0) is 54.8 Å². The first-order valence-electron chi connectivity index (χ1n) is 9.58. The minimum absolute atomic E-state index is 0.175. The number of anilines is 3. The number of nitrogens with zero attached hydrogens (tertiary/aromatic N) is 1. The highest BCUT2D eigenvalue weighted by atomic mass is 16.2. The maximum Gasteiger partial charge on any atom is 0.330 e. The maximum atomic E-state index is 13.0. The van der Waals surface area contributed by atoms with Crippen LogP contribution in [0.1, 0.15) is 31.7 Å². The van der Waals surface area contributed by atoms with Crippen LogP contribution in [-0.4, -0.2) is 6.03 Å². The summed E-state index contributed by atoms with van der Waals surface area (Å²) in [5.41, 5.74) is 3.78. The van der Waals surface area contributed by atoms with Gasteiger partial charge in [-0.1, -0.05) is 68.3 Å². The van der Waals surface area contributed by atoms with Crippen molar-refractivity contribution >= 4 is 23.1 Å². The molecule has 1 N–H and O–H groups in total. The fraction of sp³-hybridized carbons (Fsp3) is 0.208. The van der Waals surface area contributed by atoms with Crippen molar-refractivity contribution in [2.45, 2.75) is 32.6 Å². The molecule has 3 rings (SSSR count). The van der Waals surface area contributed by atoms with Gasteiger partial charge in [0, 0.05) is 5.69 Å². The molecule has 27 heavy (non-hydrogen) atoms. The Morgan fingerprint density at radius 3 is 2.00 bits per heavy atom. The summed E-state index contributed by atoms with van der Waals surface area (Å²) in [5, 5.41) is 2.98. The summed E-state index contributed by atoms with van der Waals surface area (Å²) in [6.45, 7) is 2.21. The van der Waals surface area contributed by atoms with Crippen LogP contribution in [0, 0.1) is 0 Å². The van der Waals surface area contributed by atoms with Crippen LogP contribution < -0.4 is 10.2 Å². The molecular formula is C24H26N2O. The van der Waals surface area contributed by atoms with Gasteiger partial charge in [0.05, 0.1) is 11.4 Å². The summed E-state index contributed by atoms with van der Waals surface area (Å²) in [5.74, 6) is 0. The van der Waals surface area contributed by atoms with E-state index >= 15 is 0 Å². The van der Waals surface area contributed by atoms with Crippen LogP contribution in [0.4, 0.5) is 21.9 Å². The molecule has 3 aromatic rings. The number of hydrogen-bond donors (Lipinski definition) is 1. The predicted molar refractivity (Wildman–Crippen MR) is 114 cm³/mol. The Hall–Kier alpha value is -3.07. The fourth-order valence-electron chi connectivity index (χ4n) is 3.05. The number of carbonyl (C=O) groups excluding carboxylic acids is 1. The lowest BCUT2D eigenvalue weighted by atomic mass is 10.1. The average Bonchev–Trinajstić information content (AvgIpc) is 2.71. The van der Waals surface area contributed by atoms with Crippen LogP contribution in [0.15, 0.2) is 84.9 Å². The minimum atomic E-state index is -0.175. The molecule has 0 spiro atoms. The molecule has 0 aliphatic heterocycles. The summed E-state index contributed by atoms with van der Waals surface area (Å²) in [6, 6.07) is 27.4. The third-order valence-corrected chi connectivity index (χ3v) is 4.51. The first kappa shape index (κ1) is 18.7. The van der Waals surface area contributed by atoms with Gasteiger partial charge < -0.3 is 5.32 Å². The Kier molecular flexibility index (Phi) is 6.64. The summed E-state index contributed by atoms with van der Waals surface area (Å²) in [7, 11) is 0. The Bertz CT molecular complexity index is 829. The van der Waals surface area contributed by atoms with E-state index in [1.807, 2.05) is 72.8 Å². The number of nitrogens with one attached hydrogen (secondary N) is 1. The Morgan fingerprint density at radius 2 is 1.37 bits per heavy atom. The van der Waals surface area contributed by atoms with E-state index in [0.29, 0.717) is 0 Å². The van der Waals surface area contributed by atoms with Gasteiger partial charge in [0.1, 0.15) is 0 Å². The zero-order valence-corrected chi connectivity index (χ0v) is 15.8. The van der Waals surface area contributed by atoms with Crippen LogP contribution in [0.25, 0.3) is 0 Å². The molecule has 0 saturated heterocycles. The van der Waals surface area contributed by atoms with E-state index in [9.17, 15) is 4.79 Å². The maximum absolute atomic E-state index is 13.0. The van der Waals surface area contributed by atoms with Gasteiger partial charge in [-0.3, -0.25) is 4.90 Å². The molecule has 0 aliphatic carbocycles. The third-order valence-electron chi connectivity index (χ3n) is 4.51. The number of carbonyl (C=O) groups is 1. The SMILES string of the molecule is CCCCCc1ccc(N(C(=O)Nc2ccccc2)c2ccccc2)cc1. The molecule has 138 valence electrons. The molecule has 2 amide bonds. The van der Waals surface area contributed by atoms with Crippen molar-refractivity contribution in [3.8, 4) is 0 Å². The van der Waals surface area contributed by atoms with Crippen molar-refractivity contribution < 1.29 is 4.79 Å². The summed E-state index contributed by atoms with van der Waals surface area (Å²) in [4.78, 5) is 14.7. The van der Waals surface area contributed by atoms with Crippen LogP contribution in [0.3, 0.4) is 0 Å². The minimum Gasteiger partial charge on any atom is -0.307 e. The normalized spacial score (nSPS) is 10.4. The van der Waals surface area contributed by atoms with Crippen LogP contribution in [-0.2, 0) is 6.42 Å². The monoisotopic (exact) mass is 358 g/mol. The number of benzene rings is 3. The molecule has 0 unspecified atom stereocenters. The van der Waals surface area contributed by atoms with Gasteiger partial charge in [-0.2, -0.15) is 0 Å². The number of aryl methyl sites for hydroxylation is 1. The Labute approximate surface area is 161 Å². The van der Waals surface area contributed by atoms with Gasteiger partial charge in [0.2, 0.25) is 0 Å². The molecule has 0 radical (unpaired) electrons. The standard InChI is InChI=1S/C24H26N2O/c1-2-3-6-11-20-16-18-23(19-17-20)26(22-14-9-5-10-15-22)24(27)25-21-12-7-4-8-13-21/h4-5,7-10,12-19H,2-3,6,11H2,1H3,(H,25,27). The van der Waals surface area contributed by atoms with E-state index in [1.165, 1.54) is 24.8 Å². The van der Waals surface area contributed by atoms with Crippen LogP contribution in [0.2, 0.25) is 0 Å². The zero-order chi connectivity index (χ0) is 18.9. The van der Waals surface area contributed by atoms with Crippen molar-refractivity contribution in [2.75, 3.05) is 10.2 Å². The molecule has 3 aromatic carbocycles. The van der Waals surface area contributed by atoms with E-state index in [4.69, 9.17) is 0 Å². The van der Waals surface area contributed by atoms with Gasteiger partial charge in [-0.15, -0.1) is 0 Å². The van der Waals surface area contributed by atoms with E-state index in [-0.39, 0.29) is 6.03 Å². The first-order chi connectivity index (χ1) is 13.3. The van der Waals surface area contributed by atoms with E-state index in [2.05, 4.69) is 24.4 Å². The lowest BCUT2D eigenvalue weighted by Crippen LogP contribution is -2.30. The lowest BCUT2D eigenvalue weighted by molar-refractivity contribution is 0.259. The van der Waals surface area contributed by atoms with E-state index in [0.717, 1.165) is 23.5 Å². The summed E-state index contributed by atoms with van der Waals surface area (Å²) >= 11 is 0. The number of rotatable bonds is 7. The Morgan fingerprint density at radius 1 is 0.778 bits per heavy atom. The summed E-state index contributed by atoms with van der Waals surface area (Å²) in [6.07, 6.45) is 4.75. The topological polar surface area (TPSA) is 32.3 Å². The number of urea groups is 1. The number of hydrogen-bond acceptors (Lipinski definition) is 1. The first-order valence-corrected chi connectivity index (χ1v) is 9.58. The van der Waals surface area contributed by atoms with E-state index in [1.54, 1.807) is 4.90 Å². The predicted octanol–water partition coefficient (Wildman–Crippen LogP) is 6.79. The molecule has 3 heteroatoms. The molecule has 0 aromatic heterocycles. The molecule has 0 fully saturated rings. The third kappa shape index (κ3) is 5.20. The number of amides is 2. The second-order valence-electron chi connectivity index (χ2n) is 6.59. The van der Waals surface area contributed by atoms with E-state index < -0.39 is 0 Å². The molecule has 0 saturated carbocycles. The second-order valence-corrected chi connectivity index (χ2v) is 6.59. The van der Waals surface area contributed by atoms with Crippen molar-refractivity contribution in [2.24, 2.45) is 0 Å². The van der Waals surface area contributed by atoms with Gasteiger partial charge in [0.25, 0.3) is 0 Å². The number of unbranched alkanes of at least 4 members (excludes halogenated alkanes) is 2. The zero-order valence-electron chi connectivity index (χ0n) is 15.8. The van der Waals surface area contributed by atoms with Crippen molar-refractivity contribution in [1.82, 2.24) is 0 Å². The fourth-order valence-corrected chi connectivity index (χ4v) is 3.05. The number of para-hydroxylation sites is 2. The van der Waals surface area contributed by atoms with Crippen LogP contribution >= 0.6 is 0 Å². The molecule has 0 aliphatic rings. The smallest absolute Gasteiger partial charge is 0.307 e. The molecule has 0 heterocycles. The van der Waals surface area contributed by atoms with Gasteiger partial charge in [-0.25, -0.2) is 4.79 Å². The molecule has 3 nitrogen and oxygen atoms in total. The van der Waals surface area contributed by atoms with Gasteiger partial charge in [0.15, 0.2) is 0 Å². The average molecular weight is 358 g/mol. The highest BCUT2D eigenvalue weighted by molar-refractivity contribution is 6.07. The Balaban J connectivity index is 1.83. The highest BCUT2D eigenvalue weighted by Crippen LogP contribution is 2.27. The van der Waals surface area contributed by atoms with Crippen molar-refractivity contribution in [3.63, 3.8) is 0 Å². The highest BCUT2D eigenvalue weighted by Gasteiger charge is 2.18. The van der Waals surface area contributed by atoms with Crippen molar-refractivity contribution in [1.29, 1.82) is 0 Å². The largest absolute Gasteiger partial charge is 0.330 e. The molecule has 0 atom stereocenters. The van der Waals surface area contributed by atoms with Gasteiger partial charge >= 0.3 is 6.03 Å². The van der Waals surface area contributed by atoms with Crippen LogP contribution in [0.5, 0.6) is 0 Å².